The van der Waals surface area contributed by atoms with Gasteiger partial charge in [0.25, 0.3) is 0 Å². The molecule has 0 aliphatic heterocycles. The first-order valence-corrected chi connectivity index (χ1v) is 7.83. The van der Waals surface area contributed by atoms with Crippen LogP contribution in [0.1, 0.15) is 29.1 Å². The van der Waals surface area contributed by atoms with E-state index in [1.54, 1.807) is 18.2 Å². The lowest BCUT2D eigenvalue weighted by molar-refractivity contribution is 0.104. The van der Waals surface area contributed by atoms with Crippen molar-refractivity contribution in [3.05, 3.63) is 50.1 Å². The fraction of sp³-hybridized carbons (Fsp3) is 0.267. The molecule has 0 N–H and O–H groups in total. The van der Waals surface area contributed by atoms with Crippen molar-refractivity contribution in [3.63, 3.8) is 0 Å². The number of rotatable bonds is 5. The van der Waals surface area contributed by atoms with Crippen LogP contribution in [-0.2, 0) is 0 Å². The van der Waals surface area contributed by atoms with Crippen LogP contribution < -0.4 is 4.74 Å². The summed E-state index contributed by atoms with van der Waals surface area (Å²) in [6, 6.07) is 6.94. The van der Waals surface area contributed by atoms with Gasteiger partial charge in [-0.3, -0.25) is 4.79 Å². The molecular weight excluding hydrogens is 315 g/mol. The molecule has 2 nitrogen and oxygen atoms in total. The summed E-state index contributed by atoms with van der Waals surface area (Å²) in [5.74, 6) is 0.771. The third kappa shape index (κ3) is 3.35. The predicted octanol–water partition coefficient (Wildman–Crippen LogP) is 5.32. The predicted molar refractivity (Wildman–Crippen MR) is 84.5 cm³/mol. The van der Waals surface area contributed by atoms with Crippen LogP contribution in [-0.4, -0.2) is 12.4 Å². The van der Waals surface area contributed by atoms with Gasteiger partial charge in [-0.2, -0.15) is 0 Å². The molecule has 20 heavy (non-hydrogen) atoms. The van der Waals surface area contributed by atoms with E-state index in [2.05, 4.69) is 0 Å². The maximum absolute atomic E-state index is 12.3. The van der Waals surface area contributed by atoms with Crippen LogP contribution in [0, 0.1) is 5.92 Å². The molecule has 0 amide bonds. The third-order valence-corrected chi connectivity index (χ3v) is 4.34. The summed E-state index contributed by atoms with van der Waals surface area (Å²) in [5, 5.41) is 2.38. The highest BCUT2D eigenvalue weighted by atomic mass is 35.5. The zero-order valence-corrected chi connectivity index (χ0v) is 13.5. The van der Waals surface area contributed by atoms with Gasteiger partial charge in [-0.25, -0.2) is 0 Å². The summed E-state index contributed by atoms with van der Waals surface area (Å²) in [6.45, 7) is 4.64. The molecule has 0 aliphatic rings. The van der Waals surface area contributed by atoms with Gasteiger partial charge < -0.3 is 4.74 Å². The fourth-order valence-corrected chi connectivity index (χ4v) is 2.75. The lowest BCUT2D eigenvalue weighted by atomic mass is 10.1. The average molecular weight is 329 g/mol. The first-order valence-electron chi connectivity index (χ1n) is 6.19. The van der Waals surface area contributed by atoms with Gasteiger partial charge in [0.15, 0.2) is 0 Å². The fourth-order valence-electron chi connectivity index (χ4n) is 1.62. The van der Waals surface area contributed by atoms with E-state index < -0.39 is 0 Å². The molecule has 0 unspecified atom stereocenters. The second-order valence-corrected chi connectivity index (χ2v) is 6.45. The normalized spacial score (nSPS) is 10.8. The Hall–Kier alpha value is -1.03. The van der Waals surface area contributed by atoms with E-state index in [9.17, 15) is 4.79 Å². The van der Waals surface area contributed by atoms with Crippen LogP contribution in [0.4, 0.5) is 0 Å². The molecule has 2 rings (SSSR count). The molecule has 2 aromatic rings. The molecule has 0 bridgehead atoms. The SMILES string of the molecule is CC(C)COc1ccc(C(=O)c2cccs2)c(Cl)c1Cl. The summed E-state index contributed by atoms with van der Waals surface area (Å²) >= 11 is 13.8. The Morgan fingerprint density at radius 1 is 1.25 bits per heavy atom. The number of ether oxygens (including phenoxy) is 1. The highest BCUT2D eigenvalue weighted by Gasteiger charge is 2.18. The lowest BCUT2D eigenvalue weighted by Gasteiger charge is -2.12. The van der Waals surface area contributed by atoms with Crippen molar-refractivity contribution in [1.29, 1.82) is 0 Å². The van der Waals surface area contributed by atoms with E-state index in [1.807, 2.05) is 25.3 Å². The van der Waals surface area contributed by atoms with Crippen molar-refractivity contribution in [3.8, 4) is 5.75 Å². The van der Waals surface area contributed by atoms with Crippen molar-refractivity contribution in [1.82, 2.24) is 0 Å². The van der Waals surface area contributed by atoms with Gasteiger partial charge in [0.05, 0.1) is 16.5 Å². The number of carbonyl (C=O) groups excluding carboxylic acids is 1. The standard InChI is InChI=1S/C15H14Cl2O2S/c1-9(2)8-19-11-6-5-10(13(16)14(11)17)15(18)12-4-3-7-20-12/h3-7,9H,8H2,1-2H3. The van der Waals surface area contributed by atoms with Gasteiger partial charge in [-0.15, -0.1) is 11.3 Å². The number of ketones is 1. The molecular formula is C15H14Cl2O2S. The Morgan fingerprint density at radius 3 is 2.60 bits per heavy atom. The average Bonchev–Trinajstić information content (AvgIpc) is 2.93. The molecule has 0 atom stereocenters. The molecule has 1 aromatic carbocycles. The quantitative estimate of drug-likeness (QED) is 0.694. The molecule has 0 aliphatic carbocycles. The third-order valence-electron chi connectivity index (χ3n) is 2.61. The molecule has 0 saturated carbocycles. The van der Waals surface area contributed by atoms with Gasteiger partial charge in [-0.1, -0.05) is 43.1 Å². The highest BCUT2D eigenvalue weighted by molar-refractivity contribution is 7.12. The molecule has 0 spiro atoms. The topological polar surface area (TPSA) is 26.3 Å². The monoisotopic (exact) mass is 328 g/mol. The van der Waals surface area contributed by atoms with Crippen molar-refractivity contribution >= 4 is 40.3 Å². The Balaban J connectivity index is 2.29. The van der Waals surface area contributed by atoms with Crippen LogP contribution in [0.25, 0.3) is 0 Å². The van der Waals surface area contributed by atoms with Crippen molar-refractivity contribution in [2.75, 3.05) is 6.61 Å². The van der Waals surface area contributed by atoms with Crippen molar-refractivity contribution < 1.29 is 9.53 Å². The van der Waals surface area contributed by atoms with Crippen LogP contribution in [0.3, 0.4) is 0 Å². The molecule has 1 heterocycles. The molecule has 0 radical (unpaired) electrons. The Bertz CT molecular complexity index is 607. The van der Waals surface area contributed by atoms with Crippen molar-refractivity contribution in [2.45, 2.75) is 13.8 Å². The molecule has 1 aromatic heterocycles. The van der Waals surface area contributed by atoms with Gasteiger partial charge in [0.2, 0.25) is 5.78 Å². The molecule has 106 valence electrons. The van der Waals surface area contributed by atoms with Gasteiger partial charge in [-0.05, 0) is 29.5 Å². The minimum atomic E-state index is -0.123. The summed E-state index contributed by atoms with van der Waals surface area (Å²) in [6.07, 6.45) is 0. The van der Waals surface area contributed by atoms with Crippen LogP contribution >= 0.6 is 34.5 Å². The van der Waals surface area contributed by atoms with Crippen LogP contribution in [0.2, 0.25) is 10.0 Å². The van der Waals surface area contributed by atoms with Gasteiger partial charge in [0, 0.05) is 5.56 Å². The zero-order valence-electron chi connectivity index (χ0n) is 11.2. The lowest BCUT2D eigenvalue weighted by Crippen LogP contribution is -2.06. The number of hydrogen-bond donors (Lipinski definition) is 0. The van der Waals surface area contributed by atoms with Crippen LogP contribution in [0.15, 0.2) is 29.6 Å². The molecule has 5 heteroatoms. The van der Waals surface area contributed by atoms with Gasteiger partial charge >= 0.3 is 0 Å². The maximum Gasteiger partial charge on any atom is 0.204 e. The van der Waals surface area contributed by atoms with Gasteiger partial charge in [0.1, 0.15) is 10.8 Å². The van der Waals surface area contributed by atoms with E-state index >= 15 is 0 Å². The van der Waals surface area contributed by atoms with E-state index in [1.165, 1.54) is 11.3 Å². The highest BCUT2D eigenvalue weighted by Crippen LogP contribution is 2.36. The molecule has 0 fully saturated rings. The summed E-state index contributed by atoms with van der Waals surface area (Å²) < 4.78 is 5.58. The first kappa shape index (κ1) is 15.4. The first-order chi connectivity index (χ1) is 9.50. The smallest absolute Gasteiger partial charge is 0.204 e. The summed E-state index contributed by atoms with van der Waals surface area (Å²) in [7, 11) is 0. The van der Waals surface area contributed by atoms with E-state index in [0.29, 0.717) is 28.7 Å². The Kier molecular flexibility index (Phi) is 5.08. The minimum absolute atomic E-state index is 0.123. The summed E-state index contributed by atoms with van der Waals surface area (Å²) in [4.78, 5) is 12.9. The Labute approximate surface area is 132 Å². The number of halogens is 2. The zero-order chi connectivity index (χ0) is 14.7. The largest absolute Gasteiger partial charge is 0.492 e. The van der Waals surface area contributed by atoms with Crippen molar-refractivity contribution in [2.24, 2.45) is 5.92 Å². The number of thiophene rings is 1. The van der Waals surface area contributed by atoms with E-state index in [0.717, 1.165) is 0 Å². The second kappa shape index (κ2) is 6.61. The summed E-state index contributed by atoms with van der Waals surface area (Å²) in [5.41, 5.74) is 0.399. The van der Waals surface area contributed by atoms with E-state index in [-0.39, 0.29) is 15.8 Å². The minimum Gasteiger partial charge on any atom is -0.492 e. The Morgan fingerprint density at radius 2 is 2.00 bits per heavy atom. The van der Waals surface area contributed by atoms with Crippen LogP contribution in [0.5, 0.6) is 5.75 Å². The number of benzene rings is 1. The number of carbonyl (C=O) groups is 1. The molecule has 0 saturated heterocycles. The number of hydrogen-bond acceptors (Lipinski definition) is 3. The second-order valence-electron chi connectivity index (χ2n) is 4.75. The maximum atomic E-state index is 12.3. The van der Waals surface area contributed by atoms with E-state index in [4.69, 9.17) is 27.9 Å².